The Kier molecular flexibility index (Phi) is 4.06. The van der Waals surface area contributed by atoms with E-state index in [1.165, 1.54) is 33.6 Å². The molecule has 0 saturated carbocycles. The number of aryl methyl sites for hydroxylation is 1. The van der Waals surface area contributed by atoms with Gasteiger partial charge < -0.3 is 4.90 Å². The Labute approximate surface area is 140 Å². The van der Waals surface area contributed by atoms with Crippen LogP contribution in [0.3, 0.4) is 0 Å². The van der Waals surface area contributed by atoms with Crippen LogP contribution < -0.4 is 4.90 Å². The fourth-order valence-corrected chi connectivity index (χ4v) is 3.47. The van der Waals surface area contributed by atoms with Crippen LogP contribution in [-0.4, -0.2) is 6.54 Å². The third-order valence-corrected chi connectivity index (χ3v) is 5.05. The standard InChI is InChI=1S/C22H27N/c1-6-23(18-9-7-16(2)8-10-18)19-11-12-20-17(3)13-14-22(4,5)21(20)15-19/h7-13,15H,6,14H2,1-5H3. The van der Waals surface area contributed by atoms with Crippen molar-refractivity contribution in [3.63, 3.8) is 0 Å². The number of anilines is 2. The summed E-state index contributed by atoms with van der Waals surface area (Å²) >= 11 is 0. The number of hydrogen-bond acceptors (Lipinski definition) is 1. The molecule has 1 aliphatic rings. The third-order valence-electron chi connectivity index (χ3n) is 5.05. The summed E-state index contributed by atoms with van der Waals surface area (Å²) in [7, 11) is 0. The van der Waals surface area contributed by atoms with E-state index in [4.69, 9.17) is 0 Å². The predicted molar refractivity (Wildman–Crippen MR) is 102 cm³/mol. The second kappa shape index (κ2) is 5.88. The molecule has 1 heteroatoms. The fraction of sp³-hybridized carbons (Fsp3) is 0.364. The van der Waals surface area contributed by atoms with E-state index in [-0.39, 0.29) is 5.41 Å². The van der Waals surface area contributed by atoms with Crippen molar-refractivity contribution in [2.45, 2.75) is 46.5 Å². The van der Waals surface area contributed by atoms with E-state index in [2.05, 4.69) is 88.1 Å². The van der Waals surface area contributed by atoms with E-state index in [9.17, 15) is 0 Å². The minimum absolute atomic E-state index is 0.206. The molecule has 0 saturated heterocycles. The molecule has 2 aromatic rings. The minimum Gasteiger partial charge on any atom is -0.342 e. The summed E-state index contributed by atoms with van der Waals surface area (Å²) in [6.45, 7) is 12.2. The first-order valence-corrected chi connectivity index (χ1v) is 8.58. The molecular formula is C22H27N. The first-order valence-electron chi connectivity index (χ1n) is 8.58. The van der Waals surface area contributed by atoms with Crippen molar-refractivity contribution in [1.29, 1.82) is 0 Å². The van der Waals surface area contributed by atoms with Gasteiger partial charge in [0.25, 0.3) is 0 Å². The molecule has 2 aromatic carbocycles. The summed E-state index contributed by atoms with van der Waals surface area (Å²) < 4.78 is 0. The van der Waals surface area contributed by atoms with Crippen LogP contribution >= 0.6 is 0 Å². The van der Waals surface area contributed by atoms with Crippen LogP contribution in [0.1, 0.15) is 50.8 Å². The Morgan fingerprint density at radius 2 is 1.61 bits per heavy atom. The quantitative estimate of drug-likeness (QED) is 0.649. The predicted octanol–water partition coefficient (Wildman–Crippen LogP) is 6.24. The Morgan fingerprint density at radius 1 is 0.957 bits per heavy atom. The molecule has 0 unspecified atom stereocenters. The van der Waals surface area contributed by atoms with Gasteiger partial charge in [0.15, 0.2) is 0 Å². The molecule has 0 spiro atoms. The summed E-state index contributed by atoms with van der Waals surface area (Å²) in [5.41, 5.74) is 8.35. The summed E-state index contributed by atoms with van der Waals surface area (Å²) in [6, 6.07) is 15.8. The van der Waals surface area contributed by atoms with Gasteiger partial charge >= 0.3 is 0 Å². The van der Waals surface area contributed by atoms with Crippen LogP contribution in [0.4, 0.5) is 11.4 Å². The first kappa shape index (κ1) is 15.9. The van der Waals surface area contributed by atoms with Crippen LogP contribution in [0.2, 0.25) is 0 Å². The van der Waals surface area contributed by atoms with Crippen molar-refractivity contribution in [3.05, 3.63) is 65.2 Å². The van der Waals surface area contributed by atoms with Gasteiger partial charge in [0.2, 0.25) is 0 Å². The number of hydrogen-bond donors (Lipinski definition) is 0. The van der Waals surface area contributed by atoms with Crippen LogP contribution in [0.25, 0.3) is 5.57 Å². The molecule has 0 amide bonds. The monoisotopic (exact) mass is 305 g/mol. The number of allylic oxidation sites excluding steroid dienone is 2. The zero-order chi connectivity index (χ0) is 16.6. The average Bonchev–Trinajstić information content (AvgIpc) is 2.54. The lowest BCUT2D eigenvalue weighted by Crippen LogP contribution is -2.23. The van der Waals surface area contributed by atoms with Gasteiger partial charge in [-0.15, -0.1) is 0 Å². The van der Waals surface area contributed by atoms with Crippen molar-refractivity contribution in [3.8, 4) is 0 Å². The lowest BCUT2D eigenvalue weighted by atomic mass is 9.73. The molecule has 0 bridgehead atoms. The molecule has 0 radical (unpaired) electrons. The molecule has 0 aromatic heterocycles. The summed E-state index contributed by atoms with van der Waals surface area (Å²) in [6.07, 6.45) is 3.49. The highest BCUT2D eigenvalue weighted by atomic mass is 15.1. The molecule has 1 aliphatic carbocycles. The molecule has 0 heterocycles. The molecular weight excluding hydrogens is 278 g/mol. The van der Waals surface area contributed by atoms with Crippen LogP contribution in [0, 0.1) is 6.92 Å². The zero-order valence-corrected chi connectivity index (χ0v) is 15.0. The second-order valence-corrected chi connectivity index (χ2v) is 7.28. The molecule has 0 N–H and O–H groups in total. The van der Waals surface area contributed by atoms with Gasteiger partial charge in [-0.1, -0.05) is 43.7 Å². The van der Waals surface area contributed by atoms with Gasteiger partial charge in [0.05, 0.1) is 0 Å². The third kappa shape index (κ3) is 2.93. The molecule has 1 nitrogen and oxygen atoms in total. The van der Waals surface area contributed by atoms with E-state index >= 15 is 0 Å². The molecule has 0 fully saturated rings. The second-order valence-electron chi connectivity index (χ2n) is 7.28. The number of rotatable bonds is 3. The van der Waals surface area contributed by atoms with Gasteiger partial charge in [-0.25, -0.2) is 0 Å². The Morgan fingerprint density at radius 3 is 2.26 bits per heavy atom. The summed E-state index contributed by atoms with van der Waals surface area (Å²) in [5.74, 6) is 0. The van der Waals surface area contributed by atoms with E-state index in [1.54, 1.807) is 0 Å². The average molecular weight is 305 g/mol. The largest absolute Gasteiger partial charge is 0.342 e. The van der Waals surface area contributed by atoms with Gasteiger partial charge in [-0.2, -0.15) is 0 Å². The zero-order valence-electron chi connectivity index (χ0n) is 15.0. The fourth-order valence-electron chi connectivity index (χ4n) is 3.47. The van der Waals surface area contributed by atoms with Crippen molar-refractivity contribution < 1.29 is 0 Å². The lowest BCUT2D eigenvalue weighted by Gasteiger charge is -2.33. The number of benzene rings is 2. The normalized spacial score (nSPS) is 15.8. The maximum atomic E-state index is 2.40. The van der Waals surface area contributed by atoms with Gasteiger partial charge in [0.1, 0.15) is 0 Å². The van der Waals surface area contributed by atoms with Gasteiger partial charge in [0, 0.05) is 17.9 Å². The highest BCUT2D eigenvalue weighted by molar-refractivity contribution is 5.74. The SMILES string of the molecule is CCN(c1ccc(C)cc1)c1ccc2c(c1)C(C)(C)CC=C2C. The molecule has 120 valence electrons. The lowest BCUT2D eigenvalue weighted by molar-refractivity contribution is 0.527. The maximum Gasteiger partial charge on any atom is 0.0414 e. The molecule has 23 heavy (non-hydrogen) atoms. The van der Waals surface area contributed by atoms with E-state index in [0.29, 0.717) is 0 Å². The van der Waals surface area contributed by atoms with Gasteiger partial charge in [-0.3, -0.25) is 0 Å². The van der Waals surface area contributed by atoms with E-state index in [1.807, 2.05) is 0 Å². The Bertz CT molecular complexity index is 735. The van der Waals surface area contributed by atoms with Crippen molar-refractivity contribution in [2.24, 2.45) is 0 Å². The first-order chi connectivity index (χ1) is 10.9. The summed E-state index contributed by atoms with van der Waals surface area (Å²) in [5, 5.41) is 0. The van der Waals surface area contributed by atoms with E-state index in [0.717, 1.165) is 13.0 Å². The molecule has 0 aliphatic heterocycles. The van der Waals surface area contributed by atoms with Crippen molar-refractivity contribution >= 4 is 16.9 Å². The topological polar surface area (TPSA) is 3.24 Å². The van der Waals surface area contributed by atoms with Gasteiger partial charge in [-0.05, 0) is 73.6 Å². The smallest absolute Gasteiger partial charge is 0.0414 e. The van der Waals surface area contributed by atoms with Crippen molar-refractivity contribution in [2.75, 3.05) is 11.4 Å². The highest BCUT2D eigenvalue weighted by Crippen LogP contribution is 2.41. The van der Waals surface area contributed by atoms with Crippen LogP contribution in [-0.2, 0) is 5.41 Å². The minimum atomic E-state index is 0.206. The molecule has 3 rings (SSSR count). The number of nitrogens with zero attached hydrogens (tertiary/aromatic N) is 1. The molecule has 0 atom stereocenters. The Balaban J connectivity index is 2.06. The number of fused-ring (bicyclic) bond motifs is 1. The Hall–Kier alpha value is -2.02. The van der Waals surface area contributed by atoms with Crippen molar-refractivity contribution in [1.82, 2.24) is 0 Å². The highest BCUT2D eigenvalue weighted by Gasteiger charge is 2.27. The van der Waals surface area contributed by atoms with E-state index < -0.39 is 0 Å². The summed E-state index contributed by atoms with van der Waals surface area (Å²) in [4.78, 5) is 2.39. The van der Waals surface area contributed by atoms with Crippen LogP contribution in [0.15, 0.2) is 48.5 Å². The van der Waals surface area contributed by atoms with Crippen LogP contribution in [0.5, 0.6) is 0 Å². The maximum absolute atomic E-state index is 2.40.